The fourth-order valence-corrected chi connectivity index (χ4v) is 2.16. The van der Waals surface area contributed by atoms with Gasteiger partial charge in [-0.1, -0.05) is 0 Å². The topological polar surface area (TPSA) is 87.4 Å². The fourth-order valence-electron chi connectivity index (χ4n) is 1.51. The normalized spacial score (nSPS) is 13.8. The molecule has 0 bridgehead atoms. The van der Waals surface area contributed by atoms with E-state index in [0.717, 1.165) is 0 Å². The number of anilines is 1. The molecule has 0 saturated carbocycles. The van der Waals surface area contributed by atoms with Gasteiger partial charge in [-0.25, -0.2) is 4.98 Å². The summed E-state index contributed by atoms with van der Waals surface area (Å²) in [6.07, 6.45) is 1.48. The molecule has 1 atom stereocenters. The monoisotopic (exact) mass is 281 g/mol. The molecule has 3 N–H and O–H groups in total. The summed E-state index contributed by atoms with van der Waals surface area (Å²) in [5.74, 6) is 0.0755. The zero-order valence-electron chi connectivity index (χ0n) is 10.6. The van der Waals surface area contributed by atoms with Gasteiger partial charge in [-0.05, 0) is 19.1 Å². The Hall–Kier alpha value is -1.86. The highest BCUT2D eigenvalue weighted by Crippen LogP contribution is 2.20. The van der Waals surface area contributed by atoms with Crippen molar-refractivity contribution in [1.29, 1.82) is 0 Å². The van der Waals surface area contributed by atoms with Crippen LogP contribution in [0, 0.1) is 0 Å². The number of aromatic nitrogens is 1. The van der Waals surface area contributed by atoms with Crippen LogP contribution in [0.2, 0.25) is 0 Å². The smallest absolute Gasteiger partial charge is 0.270 e. The Morgan fingerprint density at radius 2 is 2.42 bits per heavy atom. The minimum Gasteiger partial charge on any atom is -0.466 e. The van der Waals surface area contributed by atoms with Crippen molar-refractivity contribution in [2.75, 3.05) is 18.9 Å². The van der Waals surface area contributed by atoms with E-state index in [-0.39, 0.29) is 12.5 Å². The number of amides is 1. The lowest BCUT2D eigenvalue weighted by Crippen LogP contribution is -2.38. The Kier molecular flexibility index (Phi) is 3.87. The van der Waals surface area contributed by atoms with Gasteiger partial charge >= 0.3 is 0 Å². The van der Waals surface area contributed by atoms with Crippen LogP contribution >= 0.6 is 11.3 Å². The van der Waals surface area contributed by atoms with E-state index >= 15 is 0 Å². The molecule has 0 saturated heterocycles. The Morgan fingerprint density at radius 1 is 1.63 bits per heavy atom. The summed E-state index contributed by atoms with van der Waals surface area (Å²) in [4.78, 5) is 15.9. The maximum Gasteiger partial charge on any atom is 0.270 e. The minimum atomic E-state index is -1.25. The molecule has 0 spiro atoms. The SMILES string of the molecule is CNc1nc(C(=O)NCC(C)(O)c2ccco2)cs1. The zero-order valence-corrected chi connectivity index (χ0v) is 11.5. The molecule has 0 radical (unpaired) electrons. The first-order chi connectivity index (χ1) is 9.03. The Morgan fingerprint density at radius 3 is 3.00 bits per heavy atom. The van der Waals surface area contributed by atoms with Crippen molar-refractivity contribution < 1.29 is 14.3 Å². The van der Waals surface area contributed by atoms with Crippen molar-refractivity contribution >= 4 is 22.4 Å². The fraction of sp³-hybridized carbons (Fsp3) is 0.333. The van der Waals surface area contributed by atoms with Crippen LogP contribution in [0.25, 0.3) is 0 Å². The summed E-state index contributed by atoms with van der Waals surface area (Å²) >= 11 is 1.34. The van der Waals surface area contributed by atoms with Crippen molar-refractivity contribution in [2.24, 2.45) is 0 Å². The van der Waals surface area contributed by atoms with Crippen molar-refractivity contribution in [2.45, 2.75) is 12.5 Å². The Labute approximate surface area is 114 Å². The van der Waals surface area contributed by atoms with Crippen LogP contribution < -0.4 is 10.6 Å². The third kappa shape index (κ3) is 3.12. The molecule has 0 fully saturated rings. The number of rotatable bonds is 5. The van der Waals surface area contributed by atoms with Crippen LogP contribution in [-0.2, 0) is 5.60 Å². The summed E-state index contributed by atoms with van der Waals surface area (Å²) in [6.45, 7) is 1.62. The second-order valence-electron chi connectivity index (χ2n) is 4.22. The van der Waals surface area contributed by atoms with Crippen LogP contribution in [0.3, 0.4) is 0 Å². The molecular formula is C12H15N3O3S. The van der Waals surface area contributed by atoms with Gasteiger partial charge in [0.1, 0.15) is 17.1 Å². The van der Waals surface area contributed by atoms with Crippen LogP contribution in [0.1, 0.15) is 23.2 Å². The largest absolute Gasteiger partial charge is 0.466 e. The Balaban J connectivity index is 1.97. The first-order valence-electron chi connectivity index (χ1n) is 5.71. The summed E-state index contributed by atoms with van der Waals surface area (Å²) in [6, 6.07) is 3.35. The van der Waals surface area contributed by atoms with E-state index in [1.54, 1.807) is 31.5 Å². The third-order valence-electron chi connectivity index (χ3n) is 2.60. The first-order valence-corrected chi connectivity index (χ1v) is 6.59. The number of hydrogen-bond acceptors (Lipinski definition) is 6. The number of carbonyl (C=O) groups excluding carboxylic acids is 1. The van der Waals surface area contributed by atoms with Gasteiger partial charge in [0.25, 0.3) is 5.91 Å². The van der Waals surface area contributed by atoms with Gasteiger partial charge in [0, 0.05) is 12.4 Å². The van der Waals surface area contributed by atoms with Gasteiger partial charge in [-0.15, -0.1) is 11.3 Å². The predicted molar refractivity (Wildman–Crippen MR) is 72.3 cm³/mol. The average Bonchev–Trinajstić information content (AvgIpc) is 3.06. The van der Waals surface area contributed by atoms with Gasteiger partial charge in [0.05, 0.1) is 12.8 Å². The highest BCUT2D eigenvalue weighted by Gasteiger charge is 2.27. The zero-order chi connectivity index (χ0) is 13.9. The summed E-state index contributed by atoms with van der Waals surface area (Å²) in [5, 5.41) is 18.0. The molecule has 7 heteroatoms. The number of thiazole rings is 1. The molecule has 2 rings (SSSR count). The number of nitrogens with one attached hydrogen (secondary N) is 2. The third-order valence-corrected chi connectivity index (χ3v) is 3.46. The summed E-state index contributed by atoms with van der Waals surface area (Å²) < 4.78 is 5.13. The lowest BCUT2D eigenvalue weighted by molar-refractivity contribution is 0.0329. The van der Waals surface area contributed by atoms with Crippen molar-refractivity contribution in [3.05, 3.63) is 35.2 Å². The van der Waals surface area contributed by atoms with Gasteiger partial charge in [0.2, 0.25) is 0 Å². The molecule has 1 amide bonds. The second kappa shape index (κ2) is 5.41. The van der Waals surface area contributed by atoms with Gasteiger partial charge in [-0.2, -0.15) is 0 Å². The summed E-state index contributed by atoms with van der Waals surface area (Å²) in [5.41, 5.74) is -0.925. The summed E-state index contributed by atoms with van der Waals surface area (Å²) in [7, 11) is 1.74. The number of hydrogen-bond donors (Lipinski definition) is 3. The molecule has 1 unspecified atom stereocenters. The van der Waals surface area contributed by atoms with E-state index in [2.05, 4.69) is 15.6 Å². The van der Waals surface area contributed by atoms with Gasteiger partial charge in [0.15, 0.2) is 5.13 Å². The van der Waals surface area contributed by atoms with E-state index in [0.29, 0.717) is 16.6 Å². The van der Waals surface area contributed by atoms with E-state index in [1.165, 1.54) is 17.6 Å². The molecule has 0 aliphatic carbocycles. The van der Waals surface area contributed by atoms with Crippen LogP contribution in [0.15, 0.2) is 28.2 Å². The molecule has 102 valence electrons. The number of aliphatic hydroxyl groups is 1. The van der Waals surface area contributed by atoms with Crippen LogP contribution in [-0.4, -0.2) is 29.6 Å². The van der Waals surface area contributed by atoms with Crippen LogP contribution in [0.4, 0.5) is 5.13 Å². The molecule has 2 heterocycles. The standard InChI is InChI=1S/C12H15N3O3S/c1-12(17,9-4-3-5-18-9)7-14-10(16)8-6-19-11(13-2)15-8/h3-6,17H,7H2,1-2H3,(H,13,15)(H,14,16). The van der Waals surface area contributed by atoms with Gasteiger partial charge < -0.3 is 20.2 Å². The van der Waals surface area contributed by atoms with E-state index in [4.69, 9.17) is 4.42 Å². The number of furan rings is 1. The number of nitrogens with zero attached hydrogens (tertiary/aromatic N) is 1. The molecule has 19 heavy (non-hydrogen) atoms. The highest BCUT2D eigenvalue weighted by atomic mass is 32.1. The Bertz CT molecular complexity index is 548. The van der Waals surface area contributed by atoms with Crippen LogP contribution in [0.5, 0.6) is 0 Å². The van der Waals surface area contributed by atoms with E-state index in [9.17, 15) is 9.90 Å². The molecule has 0 aliphatic rings. The number of carbonyl (C=O) groups is 1. The molecule has 2 aromatic heterocycles. The lowest BCUT2D eigenvalue weighted by atomic mass is 10.0. The van der Waals surface area contributed by atoms with E-state index < -0.39 is 5.60 Å². The minimum absolute atomic E-state index is 0.0474. The van der Waals surface area contributed by atoms with Crippen molar-refractivity contribution in [3.63, 3.8) is 0 Å². The molecule has 6 nitrogen and oxygen atoms in total. The van der Waals surface area contributed by atoms with Crippen molar-refractivity contribution in [1.82, 2.24) is 10.3 Å². The predicted octanol–water partition coefficient (Wildman–Crippen LogP) is 1.42. The van der Waals surface area contributed by atoms with Gasteiger partial charge in [-0.3, -0.25) is 4.79 Å². The average molecular weight is 281 g/mol. The van der Waals surface area contributed by atoms with Crippen molar-refractivity contribution in [3.8, 4) is 0 Å². The maximum atomic E-state index is 11.9. The maximum absolute atomic E-state index is 11.9. The van der Waals surface area contributed by atoms with E-state index in [1.807, 2.05) is 0 Å². The molecule has 0 aromatic carbocycles. The molecule has 0 aliphatic heterocycles. The quantitative estimate of drug-likeness (QED) is 0.771. The molecule has 2 aromatic rings. The second-order valence-corrected chi connectivity index (χ2v) is 5.08. The first kappa shape index (κ1) is 13.6. The highest BCUT2D eigenvalue weighted by molar-refractivity contribution is 7.13. The lowest BCUT2D eigenvalue weighted by Gasteiger charge is -2.20. The molecular weight excluding hydrogens is 266 g/mol.